The van der Waals surface area contributed by atoms with Crippen LogP contribution in [0.5, 0.6) is 11.5 Å². The first-order chi connectivity index (χ1) is 8.15. The van der Waals surface area contributed by atoms with Gasteiger partial charge < -0.3 is 10.2 Å². The minimum Gasteiger partial charge on any atom is -0.508 e. The molecular formula is C13H10ClNO2. The summed E-state index contributed by atoms with van der Waals surface area (Å²) in [5.74, 6) is 0.275. The van der Waals surface area contributed by atoms with Gasteiger partial charge in [-0.2, -0.15) is 0 Å². The lowest BCUT2D eigenvalue weighted by atomic mass is 10.2. The number of rotatable bonds is 2. The minimum absolute atomic E-state index is 0.0735. The molecule has 0 heterocycles. The van der Waals surface area contributed by atoms with Gasteiger partial charge in [-0.1, -0.05) is 11.6 Å². The summed E-state index contributed by atoms with van der Waals surface area (Å²) in [6.07, 6.45) is 1.59. The number of aliphatic imine (C=N–C) groups is 1. The lowest BCUT2D eigenvalue weighted by Crippen LogP contribution is -1.79. The van der Waals surface area contributed by atoms with Crippen LogP contribution in [-0.2, 0) is 0 Å². The first-order valence-electron chi connectivity index (χ1n) is 4.97. The smallest absolute Gasteiger partial charge is 0.141 e. The number of hydrogen-bond donors (Lipinski definition) is 2. The fourth-order valence-electron chi connectivity index (χ4n) is 1.30. The zero-order chi connectivity index (χ0) is 12.3. The van der Waals surface area contributed by atoms with E-state index in [0.717, 1.165) is 5.56 Å². The van der Waals surface area contributed by atoms with Crippen molar-refractivity contribution in [3.05, 3.63) is 53.1 Å². The number of benzene rings is 2. The maximum atomic E-state index is 9.54. The molecule has 0 aromatic heterocycles. The molecule has 0 bridgehead atoms. The van der Waals surface area contributed by atoms with Crippen LogP contribution in [-0.4, -0.2) is 16.4 Å². The summed E-state index contributed by atoms with van der Waals surface area (Å²) in [6, 6.07) is 11.2. The van der Waals surface area contributed by atoms with Gasteiger partial charge in [-0.25, -0.2) is 0 Å². The molecule has 2 rings (SSSR count). The van der Waals surface area contributed by atoms with Gasteiger partial charge in [0.15, 0.2) is 0 Å². The third kappa shape index (κ3) is 2.98. The van der Waals surface area contributed by atoms with Crippen LogP contribution in [0.15, 0.2) is 47.5 Å². The van der Waals surface area contributed by atoms with Crippen LogP contribution in [0.25, 0.3) is 0 Å². The number of halogens is 1. The Labute approximate surface area is 104 Å². The van der Waals surface area contributed by atoms with Crippen molar-refractivity contribution in [1.29, 1.82) is 0 Å². The topological polar surface area (TPSA) is 52.8 Å². The molecule has 0 fully saturated rings. The monoisotopic (exact) mass is 247 g/mol. The van der Waals surface area contributed by atoms with Gasteiger partial charge in [-0.3, -0.25) is 4.99 Å². The number of hydrogen-bond acceptors (Lipinski definition) is 3. The molecule has 0 saturated heterocycles. The molecule has 0 radical (unpaired) electrons. The molecule has 0 unspecified atom stereocenters. The maximum absolute atomic E-state index is 9.54. The second-order valence-electron chi connectivity index (χ2n) is 3.48. The Hall–Kier alpha value is -2.00. The van der Waals surface area contributed by atoms with E-state index in [9.17, 15) is 5.11 Å². The van der Waals surface area contributed by atoms with Gasteiger partial charge in [0.1, 0.15) is 17.2 Å². The summed E-state index contributed by atoms with van der Waals surface area (Å²) in [7, 11) is 0. The molecule has 86 valence electrons. The van der Waals surface area contributed by atoms with Crippen molar-refractivity contribution < 1.29 is 10.2 Å². The van der Waals surface area contributed by atoms with Crippen LogP contribution in [0, 0.1) is 0 Å². The number of phenolic OH excluding ortho intramolecular Hbond substituents is 2. The number of nitrogens with zero attached hydrogens (tertiary/aromatic N) is 1. The van der Waals surface area contributed by atoms with Gasteiger partial charge in [-0.15, -0.1) is 0 Å². The first-order valence-corrected chi connectivity index (χ1v) is 5.34. The normalized spacial score (nSPS) is 10.9. The molecule has 0 aliphatic rings. The molecule has 0 amide bonds. The Balaban J connectivity index is 2.25. The van der Waals surface area contributed by atoms with Gasteiger partial charge >= 0.3 is 0 Å². The lowest BCUT2D eigenvalue weighted by molar-refractivity contribution is 0.475. The Morgan fingerprint density at radius 2 is 1.71 bits per heavy atom. The predicted octanol–water partition coefficient (Wildman–Crippen LogP) is 3.50. The zero-order valence-electron chi connectivity index (χ0n) is 8.84. The van der Waals surface area contributed by atoms with Crippen LogP contribution < -0.4 is 0 Å². The highest BCUT2D eigenvalue weighted by atomic mass is 35.5. The summed E-state index contributed by atoms with van der Waals surface area (Å²) < 4.78 is 0. The molecule has 2 N–H and O–H groups in total. The van der Waals surface area contributed by atoms with Crippen molar-refractivity contribution in [3.63, 3.8) is 0 Å². The average molecular weight is 248 g/mol. The van der Waals surface area contributed by atoms with Crippen molar-refractivity contribution in [1.82, 2.24) is 0 Å². The summed E-state index contributed by atoms with van der Waals surface area (Å²) in [5, 5.41) is 19.2. The second kappa shape index (κ2) is 4.89. The molecular weight excluding hydrogens is 238 g/mol. The Morgan fingerprint density at radius 1 is 1.00 bits per heavy atom. The van der Waals surface area contributed by atoms with Crippen molar-refractivity contribution in [2.75, 3.05) is 0 Å². The summed E-state index contributed by atoms with van der Waals surface area (Å²) in [6.45, 7) is 0. The Kier molecular flexibility index (Phi) is 3.30. The Bertz CT molecular complexity index is 550. The molecule has 4 heteroatoms. The molecule has 0 aliphatic heterocycles. The zero-order valence-corrected chi connectivity index (χ0v) is 9.59. The van der Waals surface area contributed by atoms with Crippen LogP contribution in [0.4, 0.5) is 5.69 Å². The van der Waals surface area contributed by atoms with Gasteiger partial charge in [0, 0.05) is 11.2 Å². The van der Waals surface area contributed by atoms with Gasteiger partial charge in [0.2, 0.25) is 0 Å². The van der Waals surface area contributed by atoms with Gasteiger partial charge in [0.05, 0.1) is 0 Å². The largest absolute Gasteiger partial charge is 0.508 e. The number of aromatic hydroxyl groups is 2. The second-order valence-corrected chi connectivity index (χ2v) is 3.92. The van der Waals surface area contributed by atoms with E-state index in [1.807, 2.05) is 0 Å². The lowest BCUT2D eigenvalue weighted by Gasteiger charge is -1.99. The van der Waals surface area contributed by atoms with E-state index in [-0.39, 0.29) is 11.5 Å². The van der Waals surface area contributed by atoms with E-state index in [0.29, 0.717) is 10.7 Å². The van der Waals surface area contributed by atoms with Gasteiger partial charge in [-0.05, 0) is 48.0 Å². The van der Waals surface area contributed by atoms with Crippen LogP contribution in [0.2, 0.25) is 5.02 Å². The van der Waals surface area contributed by atoms with Crippen molar-refractivity contribution in [3.8, 4) is 11.5 Å². The molecule has 0 saturated carbocycles. The van der Waals surface area contributed by atoms with Crippen LogP contribution >= 0.6 is 11.6 Å². The van der Waals surface area contributed by atoms with E-state index in [2.05, 4.69) is 4.99 Å². The molecule has 0 atom stereocenters. The molecule has 2 aromatic rings. The molecule has 2 aromatic carbocycles. The molecule has 0 spiro atoms. The highest BCUT2D eigenvalue weighted by molar-refractivity contribution is 6.30. The summed E-state index contributed by atoms with van der Waals surface area (Å²) in [4.78, 5) is 4.13. The fourth-order valence-corrected chi connectivity index (χ4v) is 1.47. The standard InChI is InChI=1S/C13H10ClNO2/c14-10-3-6-13(17)12(7-10)15-8-9-1-4-11(16)5-2-9/h1-8,16-17H. The highest BCUT2D eigenvalue weighted by Gasteiger charge is 1.99. The van der Waals surface area contributed by atoms with Gasteiger partial charge in [0.25, 0.3) is 0 Å². The van der Waals surface area contributed by atoms with E-state index in [1.165, 1.54) is 6.07 Å². The third-order valence-electron chi connectivity index (χ3n) is 2.18. The van der Waals surface area contributed by atoms with Crippen molar-refractivity contribution in [2.45, 2.75) is 0 Å². The SMILES string of the molecule is Oc1ccc(C=Nc2cc(Cl)ccc2O)cc1. The van der Waals surface area contributed by atoms with Crippen molar-refractivity contribution in [2.24, 2.45) is 4.99 Å². The van der Waals surface area contributed by atoms with Crippen LogP contribution in [0.1, 0.15) is 5.56 Å². The maximum Gasteiger partial charge on any atom is 0.141 e. The Morgan fingerprint density at radius 3 is 2.41 bits per heavy atom. The first kappa shape index (κ1) is 11.5. The van der Waals surface area contributed by atoms with E-state index in [1.54, 1.807) is 42.6 Å². The molecule has 0 aliphatic carbocycles. The van der Waals surface area contributed by atoms with E-state index < -0.39 is 0 Å². The summed E-state index contributed by atoms with van der Waals surface area (Å²) in [5.41, 5.74) is 1.23. The van der Waals surface area contributed by atoms with E-state index >= 15 is 0 Å². The highest BCUT2D eigenvalue weighted by Crippen LogP contribution is 2.29. The van der Waals surface area contributed by atoms with Crippen LogP contribution in [0.3, 0.4) is 0 Å². The average Bonchev–Trinajstić information content (AvgIpc) is 2.32. The quantitative estimate of drug-likeness (QED) is 0.798. The third-order valence-corrected chi connectivity index (χ3v) is 2.42. The number of phenols is 2. The molecule has 17 heavy (non-hydrogen) atoms. The minimum atomic E-state index is 0.0735. The predicted molar refractivity (Wildman–Crippen MR) is 68.5 cm³/mol. The van der Waals surface area contributed by atoms with Crippen molar-refractivity contribution >= 4 is 23.5 Å². The fraction of sp³-hybridized carbons (Fsp3) is 0. The summed E-state index contributed by atoms with van der Waals surface area (Å²) >= 11 is 5.80. The molecule has 3 nitrogen and oxygen atoms in total. The van der Waals surface area contributed by atoms with E-state index in [4.69, 9.17) is 16.7 Å².